The summed E-state index contributed by atoms with van der Waals surface area (Å²) in [5.74, 6) is 0. The van der Waals surface area contributed by atoms with Crippen LogP contribution in [0.3, 0.4) is 0 Å². The second kappa shape index (κ2) is 39.1. The van der Waals surface area contributed by atoms with Gasteiger partial charge in [-0.1, -0.05) is 97.5 Å². The van der Waals surface area contributed by atoms with Crippen molar-refractivity contribution in [3.05, 3.63) is 86.2 Å². The summed E-state index contributed by atoms with van der Waals surface area (Å²) in [7, 11) is 27.4. The summed E-state index contributed by atoms with van der Waals surface area (Å²) >= 11 is -8.71. The van der Waals surface area contributed by atoms with Crippen LogP contribution < -0.4 is 13.3 Å². The Morgan fingerprint density at radius 3 is 0.543 bits per heavy atom. The third-order valence-electron chi connectivity index (χ3n) is 3.61. The molecular formula is C18H24AlBr3Cl6O12Sb6. The fraction of sp³-hybridized carbons (Fsp3) is 0. The topological polar surface area (TPSA) is 243 Å². The Bertz CT molecular complexity index is 926. The summed E-state index contributed by atoms with van der Waals surface area (Å²) in [5.41, 5.74) is 0. The SMILES string of the molecule is Brc1cc[c]([Al]([c]2ccc(Br)cc2)[c]2ccc(Br)cc2)cc1.[OH][Sb]([OH])[Cl].[OH][Sb]([OH])[Cl].[OH][Sb]([OH])[Cl].[OH][Sb]([OH])[Cl].[OH][Sb]([OH])[Cl].[OH][Sb]([OH])[Cl]. The van der Waals surface area contributed by atoms with Gasteiger partial charge in [0.15, 0.2) is 0 Å². The second-order valence-electron chi connectivity index (χ2n) is 6.53. The molecule has 0 unspecified atom stereocenters. The molecule has 0 aromatic heterocycles. The molecule has 0 aliphatic heterocycles. The molecular weight excluding hydrogens is 1620 g/mol. The van der Waals surface area contributed by atoms with Gasteiger partial charge in [-0.25, -0.2) is 0 Å². The van der Waals surface area contributed by atoms with Crippen LogP contribution in [0.25, 0.3) is 0 Å². The Balaban J connectivity index is -0.000000300. The summed E-state index contributed by atoms with van der Waals surface area (Å²) in [6.07, 6.45) is 0. The fourth-order valence-corrected chi connectivity index (χ4v) is 6.22. The van der Waals surface area contributed by atoms with Crippen LogP contribution in [0.4, 0.5) is 0 Å². The molecule has 264 valence electrons. The Kier molecular flexibility index (Phi) is 49.7. The zero-order valence-corrected chi connectivity index (χ0v) is 47.7. The third kappa shape index (κ3) is 51.9. The Labute approximate surface area is 366 Å². The van der Waals surface area contributed by atoms with Gasteiger partial charge in [0.2, 0.25) is 0 Å². The van der Waals surface area contributed by atoms with Crippen molar-refractivity contribution in [1.29, 1.82) is 0 Å². The molecule has 0 saturated heterocycles. The third-order valence-corrected chi connectivity index (χ3v) is 8.35. The van der Waals surface area contributed by atoms with Gasteiger partial charge < -0.3 is 0 Å². The van der Waals surface area contributed by atoms with Crippen LogP contribution in [0.15, 0.2) is 86.2 Å². The van der Waals surface area contributed by atoms with Gasteiger partial charge in [-0.3, -0.25) is 0 Å². The van der Waals surface area contributed by atoms with Crippen molar-refractivity contribution in [2.24, 2.45) is 0 Å². The van der Waals surface area contributed by atoms with Gasteiger partial charge in [-0.05, 0) is 36.4 Å². The molecule has 0 aliphatic rings. The predicted molar refractivity (Wildman–Crippen MR) is 203 cm³/mol. The zero-order valence-electron chi connectivity index (χ0n) is 22.0. The number of halogens is 9. The Hall–Kier alpha value is 5.80. The number of benzene rings is 3. The van der Waals surface area contributed by atoms with Gasteiger partial charge in [0, 0.05) is 13.4 Å². The van der Waals surface area contributed by atoms with Gasteiger partial charge in [0.25, 0.3) is 0 Å². The first kappa shape index (κ1) is 58.5. The molecule has 0 spiro atoms. The van der Waals surface area contributed by atoms with E-state index in [0.717, 1.165) is 13.4 Å². The molecule has 0 bridgehead atoms. The zero-order chi connectivity index (χ0) is 37.0. The van der Waals surface area contributed by atoms with E-state index < -0.39 is 134 Å². The van der Waals surface area contributed by atoms with Gasteiger partial charge in [0.1, 0.15) is 0 Å². The summed E-state index contributed by atoms with van der Waals surface area (Å²) in [5, 5.41) is 0. The monoisotopic (exact) mass is 1630 g/mol. The minimum atomic E-state index is -2.98. The molecule has 0 heterocycles. The van der Waals surface area contributed by atoms with Gasteiger partial charge in [-0.15, -0.1) is 0 Å². The molecule has 3 aromatic rings. The Morgan fingerprint density at radius 2 is 0.435 bits per heavy atom. The normalized spacial score (nSPS) is 9.72. The second-order valence-corrected chi connectivity index (χ2v) is 32.6. The van der Waals surface area contributed by atoms with Crippen molar-refractivity contribution in [3.63, 3.8) is 0 Å². The fourth-order valence-electron chi connectivity index (χ4n) is 2.54. The van der Waals surface area contributed by atoms with Crippen molar-refractivity contribution in [2.45, 2.75) is 0 Å². The molecule has 12 N–H and O–H groups in total. The molecule has 3 aromatic carbocycles. The van der Waals surface area contributed by atoms with E-state index in [9.17, 15) is 0 Å². The molecule has 0 amide bonds. The van der Waals surface area contributed by atoms with Crippen molar-refractivity contribution < 1.29 is 40.6 Å². The van der Waals surface area contributed by atoms with Crippen LogP contribution in [-0.2, 0) is 0 Å². The molecule has 28 heteroatoms. The quantitative estimate of drug-likeness (QED) is 0.151. The van der Waals surface area contributed by atoms with Crippen LogP contribution >= 0.6 is 101 Å². The van der Waals surface area contributed by atoms with E-state index in [1.165, 1.54) is 13.3 Å². The predicted octanol–water partition coefficient (Wildman–Crippen LogP) is -0.341. The van der Waals surface area contributed by atoms with Crippen LogP contribution in [0.1, 0.15) is 0 Å². The van der Waals surface area contributed by atoms with Crippen LogP contribution in [-0.4, -0.2) is 174 Å². The van der Waals surface area contributed by atoms with Crippen molar-refractivity contribution >= 4 is 248 Å². The molecule has 12 nitrogen and oxygen atoms in total. The molecule has 0 radical (unpaired) electrons. The van der Waals surface area contributed by atoms with E-state index >= 15 is 0 Å². The first-order valence-electron chi connectivity index (χ1n) is 10.3. The maximum atomic E-state index is 7.56. The van der Waals surface area contributed by atoms with Crippen molar-refractivity contribution in [2.75, 3.05) is 0 Å². The average molecular weight is 1640 g/mol. The summed E-state index contributed by atoms with van der Waals surface area (Å²) in [4.78, 5) is 0. The Morgan fingerprint density at radius 1 is 0.326 bits per heavy atom. The number of hydrogen-bond acceptors (Lipinski definition) is 12. The van der Waals surface area contributed by atoms with Crippen LogP contribution in [0.2, 0.25) is 0 Å². The van der Waals surface area contributed by atoms with E-state index in [1.54, 1.807) is 0 Å². The van der Waals surface area contributed by atoms with E-state index in [1.807, 2.05) is 0 Å². The first-order valence-corrected chi connectivity index (χ1v) is 47.5. The average Bonchev–Trinajstić information content (AvgIpc) is 2.86. The first-order chi connectivity index (χ1) is 21.0. The van der Waals surface area contributed by atoms with Gasteiger partial charge >= 0.3 is 227 Å². The molecule has 0 atom stereocenters. The molecule has 46 heavy (non-hydrogen) atoms. The summed E-state index contributed by atoms with van der Waals surface area (Å²) in [6, 6.07) is 26.2. The molecule has 3 rings (SSSR count). The van der Waals surface area contributed by atoms with E-state index in [4.69, 9.17) is 40.6 Å². The van der Waals surface area contributed by atoms with Crippen molar-refractivity contribution in [3.8, 4) is 0 Å². The molecule has 0 saturated carbocycles. The van der Waals surface area contributed by atoms with Gasteiger partial charge in [0.05, 0.1) is 0 Å². The summed E-state index contributed by atoms with van der Waals surface area (Å²) < 4.78 is 98.4. The van der Waals surface area contributed by atoms with Gasteiger partial charge in [-0.2, -0.15) is 0 Å². The van der Waals surface area contributed by atoms with E-state index in [2.05, 4.69) is 174 Å². The maximum absolute atomic E-state index is 7.56. The van der Waals surface area contributed by atoms with Crippen LogP contribution in [0.5, 0.6) is 0 Å². The molecule has 0 aliphatic carbocycles. The summed E-state index contributed by atoms with van der Waals surface area (Å²) in [6.45, 7) is 0. The van der Waals surface area contributed by atoms with Crippen molar-refractivity contribution in [1.82, 2.24) is 0 Å². The van der Waals surface area contributed by atoms with E-state index in [-0.39, 0.29) is 0 Å². The minimum absolute atomic E-state index is 1.12. The standard InChI is InChI=1S/3C6H4Br.Al.6ClH.12H2O.6Sb/c3*7-6-4-2-1-3-5-6;;;;;;;;;;;;;;;;;;;;;;;;;/h3*2-5H;;6*1H;12*1H2;;;;;;/q;;;;;;;;;;;;;;;;;;;;;;6*+3/p-18. The van der Waals surface area contributed by atoms with E-state index in [0.29, 0.717) is 0 Å². The molecule has 0 fully saturated rings. The number of rotatable bonds is 3. The number of hydrogen-bond donors (Lipinski definition) is 12. The van der Waals surface area contributed by atoms with Crippen LogP contribution in [0, 0.1) is 0 Å².